The van der Waals surface area contributed by atoms with Gasteiger partial charge in [-0.25, -0.2) is 4.68 Å². The van der Waals surface area contributed by atoms with Crippen molar-refractivity contribution in [3.05, 3.63) is 59.4 Å². The van der Waals surface area contributed by atoms with Crippen molar-refractivity contribution in [1.82, 2.24) is 14.8 Å². The van der Waals surface area contributed by atoms with Gasteiger partial charge in [-0.3, -0.25) is 4.98 Å². The molecule has 2 aromatic heterocycles. The zero-order chi connectivity index (χ0) is 22.6. The Morgan fingerprint density at radius 3 is 2.65 bits per heavy atom. The summed E-state index contributed by atoms with van der Waals surface area (Å²) in [5, 5.41) is 14.9. The quantitative estimate of drug-likeness (QED) is 0.531. The number of aromatic nitrogens is 3. The Bertz CT molecular complexity index is 1070. The third-order valence-electron chi connectivity index (χ3n) is 5.12. The maximum Gasteiger partial charge on any atom is 0.217 e. The Morgan fingerprint density at radius 2 is 2.03 bits per heavy atom. The topological polar surface area (TPSA) is 86.2 Å². The van der Waals surface area contributed by atoms with Gasteiger partial charge in [0.05, 0.1) is 17.5 Å². The highest BCUT2D eigenvalue weighted by atomic mass is 16.5. The van der Waals surface area contributed by atoms with E-state index in [4.69, 9.17) is 16.9 Å². The summed E-state index contributed by atoms with van der Waals surface area (Å²) >= 11 is 0. The molecule has 0 aliphatic carbocycles. The van der Waals surface area contributed by atoms with Crippen LogP contribution in [0.15, 0.2) is 42.6 Å². The van der Waals surface area contributed by atoms with Crippen LogP contribution in [0.4, 0.5) is 0 Å². The van der Waals surface area contributed by atoms with Gasteiger partial charge in [-0.15, -0.1) is 6.42 Å². The van der Waals surface area contributed by atoms with Crippen LogP contribution in [0, 0.1) is 12.3 Å². The molecule has 6 nitrogen and oxygen atoms in total. The molecule has 3 aromatic rings. The van der Waals surface area contributed by atoms with E-state index in [-0.39, 0.29) is 0 Å². The summed E-state index contributed by atoms with van der Waals surface area (Å²) in [7, 11) is 1.86. The van der Waals surface area contributed by atoms with Crippen molar-refractivity contribution in [3.63, 3.8) is 0 Å². The number of rotatable bonds is 8. The fourth-order valence-electron chi connectivity index (χ4n) is 3.26. The normalized spacial score (nSPS) is 12.4. The highest BCUT2D eigenvalue weighted by Gasteiger charge is 2.24. The summed E-state index contributed by atoms with van der Waals surface area (Å²) in [5.41, 5.74) is 9.13. The SMILES string of the molecule is C#Cc1ccc(-c2ccc(C(O)C(C)(C)N)cn2)c(Oc2cc(CCCC)nn2C)c1. The van der Waals surface area contributed by atoms with Crippen molar-refractivity contribution < 1.29 is 9.84 Å². The van der Waals surface area contributed by atoms with Gasteiger partial charge in [0.15, 0.2) is 0 Å². The van der Waals surface area contributed by atoms with E-state index >= 15 is 0 Å². The summed E-state index contributed by atoms with van der Waals surface area (Å²) in [6.07, 6.45) is 9.53. The molecule has 1 aromatic carbocycles. The minimum atomic E-state index is -0.815. The average molecular weight is 419 g/mol. The number of benzene rings is 1. The first-order chi connectivity index (χ1) is 14.7. The van der Waals surface area contributed by atoms with Crippen molar-refractivity contribution in [2.45, 2.75) is 51.7 Å². The number of pyridine rings is 1. The molecular formula is C25H30N4O2. The zero-order valence-electron chi connectivity index (χ0n) is 18.6. The Labute approximate surface area is 184 Å². The van der Waals surface area contributed by atoms with Gasteiger partial charge >= 0.3 is 0 Å². The first-order valence-electron chi connectivity index (χ1n) is 10.5. The first-order valence-corrected chi connectivity index (χ1v) is 10.5. The molecule has 6 heteroatoms. The number of aliphatic hydroxyl groups excluding tert-OH is 1. The minimum absolute atomic E-state index is 0.598. The van der Waals surface area contributed by atoms with Gasteiger partial charge in [0, 0.05) is 41.5 Å². The molecule has 0 radical (unpaired) electrons. The molecule has 2 heterocycles. The number of aliphatic hydroxyl groups is 1. The minimum Gasteiger partial charge on any atom is -0.439 e. The van der Waals surface area contributed by atoms with Gasteiger partial charge in [0.1, 0.15) is 5.75 Å². The number of unbranched alkanes of at least 4 members (excludes halogenated alkanes) is 1. The van der Waals surface area contributed by atoms with Gasteiger partial charge in [-0.2, -0.15) is 5.10 Å². The molecule has 0 aliphatic rings. The summed E-state index contributed by atoms with van der Waals surface area (Å²) in [5.74, 6) is 3.89. The van der Waals surface area contributed by atoms with Gasteiger partial charge in [0.2, 0.25) is 5.88 Å². The van der Waals surface area contributed by atoms with Crippen LogP contribution in [0.25, 0.3) is 11.3 Å². The van der Waals surface area contributed by atoms with Gasteiger partial charge in [-0.1, -0.05) is 25.3 Å². The Kier molecular flexibility index (Phi) is 6.79. The van der Waals surface area contributed by atoms with Crippen molar-refractivity contribution in [2.75, 3.05) is 0 Å². The Morgan fingerprint density at radius 1 is 1.26 bits per heavy atom. The van der Waals surface area contributed by atoms with Crippen molar-refractivity contribution in [3.8, 4) is 35.2 Å². The summed E-state index contributed by atoms with van der Waals surface area (Å²) in [4.78, 5) is 4.54. The van der Waals surface area contributed by atoms with E-state index in [1.807, 2.05) is 43.4 Å². The number of hydrogen-bond acceptors (Lipinski definition) is 5. The van der Waals surface area contributed by atoms with Crippen LogP contribution in [-0.2, 0) is 13.5 Å². The molecule has 1 atom stereocenters. The second kappa shape index (κ2) is 9.34. The summed E-state index contributed by atoms with van der Waals surface area (Å²) in [6.45, 7) is 5.71. The Hall–Kier alpha value is -3.14. The standard InChI is InChI=1S/C25H30N4O2/c1-6-8-9-19-15-23(29(5)28-19)31-22-14-17(7-2)10-12-20(22)21-13-11-18(16-27-21)24(30)25(3,4)26/h2,10-16,24,30H,6,8-9,26H2,1,3-5H3. The Balaban J connectivity index is 1.94. The van der Waals surface area contributed by atoms with Gasteiger partial charge in [-0.05, 0) is 51.0 Å². The monoisotopic (exact) mass is 418 g/mol. The van der Waals surface area contributed by atoms with Crippen LogP contribution in [0.2, 0.25) is 0 Å². The zero-order valence-corrected chi connectivity index (χ0v) is 18.6. The van der Waals surface area contributed by atoms with E-state index in [2.05, 4.69) is 22.9 Å². The molecule has 3 rings (SSSR count). The lowest BCUT2D eigenvalue weighted by Crippen LogP contribution is -2.39. The van der Waals surface area contributed by atoms with E-state index in [1.165, 1.54) is 0 Å². The van der Waals surface area contributed by atoms with Crippen LogP contribution in [-0.4, -0.2) is 25.4 Å². The van der Waals surface area contributed by atoms with Crippen LogP contribution in [0.1, 0.15) is 56.5 Å². The predicted octanol–water partition coefficient (Wildman–Crippen LogP) is 4.37. The number of nitrogens with two attached hydrogens (primary N) is 1. The van der Waals surface area contributed by atoms with Crippen molar-refractivity contribution in [2.24, 2.45) is 12.8 Å². The molecule has 162 valence electrons. The number of ether oxygens (including phenoxy) is 1. The van der Waals surface area contributed by atoms with E-state index in [9.17, 15) is 5.11 Å². The molecule has 0 amide bonds. The maximum absolute atomic E-state index is 10.4. The maximum atomic E-state index is 10.4. The third kappa shape index (κ3) is 5.32. The molecule has 0 saturated heterocycles. The number of aryl methyl sites for hydroxylation is 2. The van der Waals surface area contributed by atoms with Crippen molar-refractivity contribution in [1.29, 1.82) is 0 Å². The molecule has 31 heavy (non-hydrogen) atoms. The van der Waals surface area contributed by atoms with Crippen LogP contribution in [0.5, 0.6) is 11.6 Å². The van der Waals surface area contributed by atoms with Gasteiger partial charge in [0.25, 0.3) is 0 Å². The molecule has 0 aliphatic heterocycles. The second-order valence-corrected chi connectivity index (χ2v) is 8.36. The average Bonchev–Trinajstić information content (AvgIpc) is 3.10. The molecule has 0 fully saturated rings. The summed E-state index contributed by atoms with van der Waals surface area (Å²) < 4.78 is 7.96. The summed E-state index contributed by atoms with van der Waals surface area (Å²) in [6, 6.07) is 11.2. The van der Waals surface area contributed by atoms with E-state index in [0.29, 0.717) is 28.5 Å². The molecule has 1 unspecified atom stereocenters. The lowest BCUT2D eigenvalue weighted by molar-refractivity contribution is 0.104. The van der Waals surface area contributed by atoms with Crippen LogP contribution < -0.4 is 10.5 Å². The fraction of sp³-hybridized carbons (Fsp3) is 0.360. The highest BCUT2D eigenvalue weighted by Crippen LogP contribution is 2.34. The highest BCUT2D eigenvalue weighted by molar-refractivity contribution is 5.69. The first kappa shape index (κ1) is 22.5. The molecule has 0 spiro atoms. The van der Waals surface area contributed by atoms with Gasteiger partial charge < -0.3 is 15.6 Å². The fourth-order valence-corrected chi connectivity index (χ4v) is 3.26. The van der Waals surface area contributed by atoms with E-state index < -0.39 is 11.6 Å². The smallest absolute Gasteiger partial charge is 0.217 e. The number of terminal acetylenes is 1. The number of hydrogen-bond donors (Lipinski definition) is 2. The van der Waals surface area contributed by atoms with Crippen LogP contribution in [0.3, 0.4) is 0 Å². The van der Waals surface area contributed by atoms with Crippen molar-refractivity contribution >= 4 is 0 Å². The lowest BCUT2D eigenvalue weighted by Gasteiger charge is -2.25. The largest absolute Gasteiger partial charge is 0.439 e. The number of nitrogens with zero attached hydrogens (tertiary/aromatic N) is 3. The van der Waals surface area contributed by atoms with Crippen LogP contribution >= 0.6 is 0 Å². The molecular weight excluding hydrogens is 388 g/mol. The third-order valence-corrected chi connectivity index (χ3v) is 5.12. The van der Waals surface area contributed by atoms with E-state index in [0.717, 1.165) is 30.5 Å². The molecule has 0 saturated carbocycles. The second-order valence-electron chi connectivity index (χ2n) is 8.36. The lowest BCUT2D eigenvalue weighted by atomic mass is 9.93. The molecule has 3 N–H and O–H groups in total. The predicted molar refractivity (Wildman–Crippen MR) is 123 cm³/mol. The molecule has 0 bridgehead atoms. The van der Waals surface area contributed by atoms with E-state index in [1.54, 1.807) is 24.7 Å².